The largest absolute Gasteiger partial charge is 0.468 e. The second kappa shape index (κ2) is 6.18. The van der Waals surface area contributed by atoms with Crippen molar-refractivity contribution >= 4 is 11.9 Å². The molecular formula is C15H14N2O5. The number of para-hydroxylation sites is 1. The summed E-state index contributed by atoms with van der Waals surface area (Å²) in [6, 6.07) is 8.57. The monoisotopic (exact) mass is 302 g/mol. The maximum atomic E-state index is 12.0. The number of nitriles is 1. The van der Waals surface area contributed by atoms with E-state index in [2.05, 4.69) is 4.74 Å². The van der Waals surface area contributed by atoms with Crippen LogP contribution in [0.25, 0.3) is 0 Å². The fourth-order valence-electron chi connectivity index (χ4n) is 2.39. The fraction of sp³-hybridized carbons (Fsp3) is 0.267. The Hall–Kier alpha value is -3.01. The van der Waals surface area contributed by atoms with E-state index in [4.69, 9.17) is 15.2 Å². The normalized spacial score (nSPS) is 17.6. The number of benzene rings is 1. The molecule has 2 atom stereocenters. The van der Waals surface area contributed by atoms with E-state index in [0.717, 1.165) is 0 Å². The number of carbonyl (C=O) groups is 2. The molecule has 1 heterocycles. The number of carbonyl (C=O) groups excluding carboxylic acids is 2. The SMILES string of the molecule is COC(=O)C1=C(N)Oc2ccccc2C1C(C#N)C(=O)OC. The zero-order valence-corrected chi connectivity index (χ0v) is 12.0. The van der Waals surface area contributed by atoms with Crippen molar-refractivity contribution in [3.63, 3.8) is 0 Å². The summed E-state index contributed by atoms with van der Waals surface area (Å²) < 4.78 is 14.7. The number of hydrogen-bond acceptors (Lipinski definition) is 7. The van der Waals surface area contributed by atoms with E-state index in [1.54, 1.807) is 24.3 Å². The predicted octanol–water partition coefficient (Wildman–Crippen LogP) is 0.819. The first-order valence-electron chi connectivity index (χ1n) is 6.37. The van der Waals surface area contributed by atoms with Gasteiger partial charge in [-0.3, -0.25) is 4.79 Å². The van der Waals surface area contributed by atoms with E-state index in [-0.39, 0.29) is 11.5 Å². The number of rotatable bonds is 3. The third-order valence-electron chi connectivity index (χ3n) is 3.38. The quantitative estimate of drug-likeness (QED) is 0.822. The van der Waals surface area contributed by atoms with Gasteiger partial charge in [0.05, 0.1) is 26.2 Å². The number of esters is 2. The van der Waals surface area contributed by atoms with Crippen LogP contribution in [0.2, 0.25) is 0 Å². The van der Waals surface area contributed by atoms with Crippen LogP contribution in [0.1, 0.15) is 11.5 Å². The van der Waals surface area contributed by atoms with Crippen LogP contribution in [0.4, 0.5) is 0 Å². The third kappa shape index (κ3) is 2.46. The van der Waals surface area contributed by atoms with E-state index >= 15 is 0 Å². The second-order valence-electron chi connectivity index (χ2n) is 4.52. The lowest BCUT2D eigenvalue weighted by Crippen LogP contribution is -2.33. The molecule has 1 aromatic rings. The predicted molar refractivity (Wildman–Crippen MR) is 74.2 cm³/mol. The Bertz CT molecular complexity index is 689. The van der Waals surface area contributed by atoms with Crippen molar-refractivity contribution in [3.8, 4) is 11.8 Å². The number of ether oxygens (including phenoxy) is 3. The molecule has 1 aromatic carbocycles. The molecule has 1 aliphatic rings. The maximum absolute atomic E-state index is 12.0. The minimum atomic E-state index is -1.25. The van der Waals surface area contributed by atoms with Gasteiger partial charge in [-0.25, -0.2) is 4.79 Å². The van der Waals surface area contributed by atoms with Crippen LogP contribution in [0.15, 0.2) is 35.7 Å². The first kappa shape index (κ1) is 15.4. The first-order valence-corrected chi connectivity index (χ1v) is 6.37. The van der Waals surface area contributed by atoms with Gasteiger partial charge in [-0.1, -0.05) is 18.2 Å². The fourth-order valence-corrected chi connectivity index (χ4v) is 2.39. The summed E-state index contributed by atoms with van der Waals surface area (Å²) in [6.07, 6.45) is 0. The minimum Gasteiger partial charge on any atom is -0.468 e. The molecule has 2 N–H and O–H groups in total. The molecule has 2 unspecified atom stereocenters. The van der Waals surface area contributed by atoms with Crippen molar-refractivity contribution in [2.75, 3.05) is 14.2 Å². The van der Waals surface area contributed by atoms with Gasteiger partial charge in [0.25, 0.3) is 0 Å². The lowest BCUT2D eigenvalue weighted by Gasteiger charge is -2.29. The van der Waals surface area contributed by atoms with Crippen LogP contribution in [0, 0.1) is 17.2 Å². The highest BCUT2D eigenvalue weighted by atomic mass is 16.5. The summed E-state index contributed by atoms with van der Waals surface area (Å²) in [6.45, 7) is 0. The molecule has 7 nitrogen and oxygen atoms in total. The average Bonchev–Trinajstić information content (AvgIpc) is 2.54. The lowest BCUT2D eigenvalue weighted by molar-refractivity contribution is -0.144. The molecule has 0 radical (unpaired) electrons. The molecule has 0 aliphatic carbocycles. The number of nitrogens with two attached hydrogens (primary N) is 1. The number of hydrogen-bond donors (Lipinski definition) is 1. The molecule has 7 heteroatoms. The molecule has 0 saturated heterocycles. The molecule has 114 valence electrons. The zero-order chi connectivity index (χ0) is 16.3. The van der Waals surface area contributed by atoms with E-state index in [9.17, 15) is 14.9 Å². The molecule has 1 aliphatic heterocycles. The summed E-state index contributed by atoms with van der Waals surface area (Å²) in [5, 5.41) is 9.36. The van der Waals surface area contributed by atoms with Crippen molar-refractivity contribution in [3.05, 3.63) is 41.3 Å². The summed E-state index contributed by atoms with van der Waals surface area (Å²) >= 11 is 0. The van der Waals surface area contributed by atoms with Gasteiger partial charge >= 0.3 is 11.9 Å². The lowest BCUT2D eigenvalue weighted by atomic mass is 9.79. The number of nitrogens with zero attached hydrogens (tertiary/aromatic N) is 1. The summed E-state index contributed by atoms with van der Waals surface area (Å²) in [5.74, 6) is -3.52. The Kier molecular flexibility index (Phi) is 4.32. The van der Waals surface area contributed by atoms with Crippen LogP contribution in [0.3, 0.4) is 0 Å². The van der Waals surface area contributed by atoms with E-state index < -0.39 is 23.8 Å². The van der Waals surface area contributed by atoms with Gasteiger partial charge in [0.15, 0.2) is 5.92 Å². The average molecular weight is 302 g/mol. The summed E-state index contributed by atoms with van der Waals surface area (Å²) in [4.78, 5) is 23.9. The van der Waals surface area contributed by atoms with Gasteiger partial charge in [-0.2, -0.15) is 5.26 Å². The van der Waals surface area contributed by atoms with Gasteiger partial charge in [0.2, 0.25) is 5.88 Å². The van der Waals surface area contributed by atoms with Crippen LogP contribution in [-0.2, 0) is 19.1 Å². The smallest absolute Gasteiger partial charge is 0.339 e. The Morgan fingerprint density at radius 2 is 2.00 bits per heavy atom. The summed E-state index contributed by atoms with van der Waals surface area (Å²) in [7, 11) is 2.35. The van der Waals surface area contributed by atoms with Crippen LogP contribution >= 0.6 is 0 Å². The Labute approximate surface area is 126 Å². The van der Waals surface area contributed by atoms with Gasteiger partial charge in [0.1, 0.15) is 11.3 Å². The molecule has 0 amide bonds. The first-order chi connectivity index (χ1) is 10.5. The maximum Gasteiger partial charge on any atom is 0.339 e. The van der Waals surface area contributed by atoms with E-state index in [1.807, 2.05) is 6.07 Å². The van der Waals surface area contributed by atoms with E-state index in [0.29, 0.717) is 11.3 Å². The van der Waals surface area contributed by atoms with Crippen LogP contribution in [0.5, 0.6) is 5.75 Å². The van der Waals surface area contributed by atoms with Gasteiger partial charge in [-0.15, -0.1) is 0 Å². The topological polar surface area (TPSA) is 112 Å². The van der Waals surface area contributed by atoms with Gasteiger partial charge in [0, 0.05) is 5.56 Å². The number of methoxy groups -OCH3 is 2. The minimum absolute atomic E-state index is 0.0712. The van der Waals surface area contributed by atoms with Crippen molar-refractivity contribution in [2.24, 2.45) is 11.7 Å². The molecule has 0 fully saturated rings. The number of fused-ring (bicyclic) bond motifs is 1. The van der Waals surface area contributed by atoms with Crippen molar-refractivity contribution in [2.45, 2.75) is 5.92 Å². The van der Waals surface area contributed by atoms with Gasteiger partial charge < -0.3 is 19.9 Å². The van der Waals surface area contributed by atoms with Crippen LogP contribution in [-0.4, -0.2) is 26.2 Å². The highest BCUT2D eigenvalue weighted by molar-refractivity contribution is 5.93. The second-order valence-corrected chi connectivity index (χ2v) is 4.52. The zero-order valence-electron chi connectivity index (χ0n) is 12.0. The molecule has 22 heavy (non-hydrogen) atoms. The molecule has 0 aromatic heterocycles. The molecular weight excluding hydrogens is 288 g/mol. The van der Waals surface area contributed by atoms with E-state index in [1.165, 1.54) is 14.2 Å². The van der Waals surface area contributed by atoms with Crippen molar-refractivity contribution < 1.29 is 23.8 Å². The molecule has 2 rings (SSSR count). The standard InChI is InChI=1S/C15H14N2O5/c1-20-14(18)9(7-16)11-8-5-3-4-6-10(8)22-13(17)12(11)15(19)21-2/h3-6,9,11H,17H2,1-2H3. The van der Waals surface area contributed by atoms with Crippen LogP contribution < -0.4 is 10.5 Å². The van der Waals surface area contributed by atoms with Crippen molar-refractivity contribution in [1.29, 1.82) is 5.26 Å². The summed E-state index contributed by atoms with van der Waals surface area (Å²) in [5.41, 5.74) is 6.21. The molecule has 0 bridgehead atoms. The third-order valence-corrected chi connectivity index (χ3v) is 3.38. The highest BCUT2D eigenvalue weighted by Crippen LogP contribution is 2.42. The Balaban J connectivity index is 2.65. The molecule has 0 spiro atoms. The Morgan fingerprint density at radius 1 is 1.32 bits per heavy atom. The molecule has 0 saturated carbocycles. The van der Waals surface area contributed by atoms with Gasteiger partial charge in [-0.05, 0) is 6.07 Å². The Morgan fingerprint density at radius 3 is 2.59 bits per heavy atom. The van der Waals surface area contributed by atoms with Crippen molar-refractivity contribution in [1.82, 2.24) is 0 Å². The highest BCUT2D eigenvalue weighted by Gasteiger charge is 2.42.